The second kappa shape index (κ2) is 6.68. The van der Waals surface area contributed by atoms with Crippen LogP contribution < -0.4 is 0 Å². The van der Waals surface area contributed by atoms with Gasteiger partial charge in [-0.05, 0) is 38.0 Å². The first-order valence-corrected chi connectivity index (χ1v) is 7.87. The average Bonchev–Trinajstić information content (AvgIpc) is 2.97. The average molecular weight is 280 g/mol. The van der Waals surface area contributed by atoms with Crippen LogP contribution >= 0.6 is 0 Å². The quantitative estimate of drug-likeness (QED) is 0.848. The van der Waals surface area contributed by atoms with Gasteiger partial charge in [0.1, 0.15) is 0 Å². The molecule has 2 fully saturated rings. The minimum Gasteiger partial charge on any atom is -0.381 e. The Hall–Kier alpha value is -0.940. The summed E-state index contributed by atoms with van der Waals surface area (Å²) in [4.78, 5) is 4.60. The van der Waals surface area contributed by atoms with Crippen LogP contribution in [0.5, 0.6) is 0 Å². The lowest BCUT2D eigenvalue weighted by Crippen LogP contribution is -2.26. The summed E-state index contributed by atoms with van der Waals surface area (Å²) < 4.78 is 16.5. The summed E-state index contributed by atoms with van der Waals surface area (Å²) in [5, 5.41) is 4.17. The maximum absolute atomic E-state index is 5.71. The number of rotatable bonds is 4. The Labute approximate surface area is 120 Å². The molecule has 0 bridgehead atoms. The van der Waals surface area contributed by atoms with Crippen molar-refractivity contribution in [2.75, 3.05) is 19.8 Å². The molecule has 0 N–H and O–H groups in total. The van der Waals surface area contributed by atoms with Crippen molar-refractivity contribution in [3.05, 3.63) is 11.7 Å². The van der Waals surface area contributed by atoms with Gasteiger partial charge >= 0.3 is 0 Å². The molecule has 5 nitrogen and oxygen atoms in total. The summed E-state index contributed by atoms with van der Waals surface area (Å²) >= 11 is 0. The molecular weight excluding hydrogens is 256 g/mol. The van der Waals surface area contributed by atoms with Crippen LogP contribution in [0.3, 0.4) is 0 Å². The molecule has 0 unspecified atom stereocenters. The summed E-state index contributed by atoms with van der Waals surface area (Å²) in [6, 6.07) is 0. The molecular formula is C15H24N2O3. The number of hydrogen-bond acceptors (Lipinski definition) is 5. The molecule has 0 radical (unpaired) electrons. The highest BCUT2D eigenvalue weighted by Gasteiger charge is 2.25. The first kappa shape index (κ1) is 14.0. The Morgan fingerprint density at radius 3 is 2.80 bits per heavy atom. The van der Waals surface area contributed by atoms with E-state index in [-0.39, 0.29) is 0 Å². The van der Waals surface area contributed by atoms with Gasteiger partial charge in [-0.1, -0.05) is 12.1 Å². The molecule has 2 aliphatic rings. The predicted molar refractivity (Wildman–Crippen MR) is 73.6 cm³/mol. The van der Waals surface area contributed by atoms with Gasteiger partial charge in [0.05, 0.1) is 6.10 Å². The first-order chi connectivity index (χ1) is 9.85. The fourth-order valence-electron chi connectivity index (χ4n) is 3.15. The van der Waals surface area contributed by atoms with E-state index < -0.39 is 0 Å². The maximum atomic E-state index is 5.71. The van der Waals surface area contributed by atoms with Crippen LogP contribution in [0.4, 0.5) is 0 Å². The van der Waals surface area contributed by atoms with E-state index in [1.54, 1.807) is 0 Å². The maximum Gasteiger partial charge on any atom is 0.226 e. The lowest BCUT2D eigenvalue weighted by atomic mass is 9.91. The minimum absolute atomic E-state index is 0.409. The molecule has 3 heterocycles. The zero-order chi connectivity index (χ0) is 13.8. The van der Waals surface area contributed by atoms with Crippen LogP contribution in [-0.4, -0.2) is 36.1 Å². The number of nitrogens with zero attached hydrogens (tertiary/aromatic N) is 2. The molecule has 5 heteroatoms. The van der Waals surface area contributed by atoms with Crippen LogP contribution in [0, 0.1) is 5.92 Å². The van der Waals surface area contributed by atoms with Gasteiger partial charge in [0.15, 0.2) is 5.82 Å². The van der Waals surface area contributed by atoms with Crippen LogP contribution in [-0.2, 0) is 15.9 Å². The van der Waals surface area contributed by atoms with Crippen molar-refractivity contribution in [2.24, 2.45) is 5.92 Å². The van der Waals surface area contributed by atoms with E-state index in [0.717, 1.165) is 70.1 Å². The molecule has 0 saturated carbocycles. The number of aromatic nitrogens is 2. The van der Waals surface area contributed by atoms with E-state index in [2.05, 4.69) is 17.1 Å². The highest BCUT2D eigenvalue weighted by atomic mass is 16.5. The Bertz CT molecular complexity index is 415. The zero-order valence-corrected chi connectivity index (χ0v) is 12.2. The first-order valence-electron chi connectivity index (χ1n) is 7.87. The van der Waals surface area contributed by atoms with E-state index in [0.29, 0.717) is 17.9 Å². The third-order valence-corrected chi connectivity index (χ3v) is 4.46. The molecule has 0 amide bonds. The molecule has 2 saturated heterocycles. The summed E-state index contributed by atoms with van der Waals surface area (Å²) in [6.45, 7) is 4.67. The van der Waals surface area contributed by atoms with E-state index >= 15 is 0 Å². The second-order valence-electron chi connectivity index (χ2n) is 5.93. The molecule has 2 atom stereocenters. The molecule has 20 heavy (non-hydrogen) atoms. The molecule has 1 aromatic rings. The van der Waals surface area contributed by atoms with Crippen molar-refractivity contribution in [2.45, 2.75) is 57.5 Å². The van der Waals surface area contributed by atoms with Crippen molar-refractivity contribution in [3.63, 3.8) is 0 Å². The third-order valence-electron chi connectivity index (χ3n) is 4.46. The van der Waals surface area contributed by atoms with Crippen LogP contribution in [0.25, 0.3) is 0 Å². The van der Waals surface area contributed by atoms with Crippen LogP contribution in [0.15, 0.2) is 4.52 Å². The topological polar surface area (TPSA) is 57.4 Å². The van der Waals surface area contributed by atoms with Crippen molar-refractivity contribution in [3.8, 4) is 0 Å². The van der Waals surface area contributed by atoms with E-state index in [4.69, 9.17) is 14.0 Å². The lowest BCUT2D eigenvalue weighted by Gasteiger charge is -2.27. The fourth-order valence-corrected chi connectivity index (χ4v) is 3.15. The van der Waals surface area contributed by atoms with Crippen molar-refractivity contribution >= 4 is 0 Å². The predicted octanol–water partition coefficient (Wildman–Crippen LogP) is 2.71. The number of ether oxygens (including phenoxy) is 2. The van der Waals surface area contributed by atoms with Gasteiger partial charge in [-0.3, -0.25) is 0 Å². The normalized spacial score (nSPS) is 28.6. The smallest absolute Gasteiger partial charge is 0.226 e. The third kappa shape index (κ3) is 3.38. The molecule has 0 spiro atoms. The van der Waals surface area contributed by atoms with Crippen LogP contribution in [0.2, 0.25) is 0 Å². The second-order valence-corrected chi connectivity index (χ2v) is 5.93. The Kier molecular flexibility index (Phi) is 4.68. The molecule has 0 aliphatic carbocycles. The van der Waals surface area contributed by atoms with E-state index in [1.807, 2.05) is 0 Å². The van der Waals surface area contributed by atoms with Crippen molar-refractivity contribution < 1.29 is 14.0 Å². The van der Waals surface area contributed by atoms with Gasteiger partial charge in [-0.15, -0.1) is 0 Å². The van der Waals surface area contributed by atoms with Gasteiger partial charge in [0.2, 0.25) is 5.89 Å². The Morgan fingerprint density at radius 1 is 1.15 bits per heavy atom. The molecule has 1 aromatic heterocycles. The van der Waals surface area contributed by atoms with Gasteiger partial charge in [-0.25, -0.2) is 0 Å². The highest BCUT2D eigenvalue weighted by molar-refractivity contribution is 4.97. The summed E-state index contributed by atoms with van der Waals surface area (Å²) in [5.74, 6) is 2.71. The summed E-state index contributed by atoms with van der Waals surface area (Å²) in [7, 11) is 0. The largest absolute Gasteiger partial charge is 0.381 e. The zero-order valence-electron chi connectivity index (χ0n) is 12.2. The monoisotopic (exact) mass is 280 g/mol. The van der Waals surface area contributed by atoms with E-state index in [1.165, 1.54) is 0 Å². The van der Waals surface area contributed by atoms with Gasteiger partial charge in [0.25, 0.3) is 0 Å². The summed E-state index contributed by atoms with van der Waals surface area (Å²) in [5.41, 5.74) is 0. The highest BCUT2D eigenvalue weighted by Crippen LogP contribution is 2.27. The standard InChI is InChI=1S/C15H24N2O3/c1-2-13-9-11(3-8-19-13)10-14-16-15(17-20-14)12-4-6-18-7-5-12/h11-13H,2-10H2,1H3/t11-,13+/m0/s1. The van der Waals surface area contributed by atoms with E-state index in [9.17, 15) is 0 Å². The molecule has 112 valence electrons. The summed E-state index contributed by atoms with van der Waals surface area (Å²) in [6.07, 6.45) is 6.63. The molecule has 3 rings (SSSR count). The van der Waals surface area contributed by atoms with Crippen molar-refractivity contribution in [1.29, 1.82) is 0 Å². The Balaban J connectivity index is 1.56. The number of hydrogen-bond donors (Lipinski definition) is 0. The van der Waals surface area contributed by atoms with Gasteiger partial charge in [0, 0.05) is 32.2 Å². The Morgan fingerprint density at radius 2 is 2.00 bits per heavy atom. The molecule has 0 aromatic carbocycles. The minimum atomic E-state index is 0.409. The molecule has 2 aliphatic heterocycles. The fraction of sp³-hybridized carbons (Fsp3) is 0.867. The lowest BCUT2D eigenvalue weighted by molar-refractivity contribution is -0.0115. The van der Waals surface area contributed by atoms with Crippen molar-refractivity contribution in [1.82, 2.24) is 10.1 Å². The SMILES string of the molecule is CC[C@@H]1C[C@@H](Cc2nc(C3CCOCC3)no2)CCO1. The van der Waals surface area contributed by atoms with Gasteiger partial charge < -0.3 is 14.0 Å². The van der Waals surface area contributed by atoms with Gasteiger partial charge in [-0.2, -0.15) is 4.98 Å². The van der Waals surface area contributed by atoms with Crippen LogP contribution in [0.1, 0.15) is 56.7 Å².